The summed E-state index contributed by atoms with van der Waals surface area (Å²) in [6.45, 7) is 5.34. The van der Waals surface area contributed by atoms with E-state index in [1.807, 2.05) is 0 Å². The number of hydrogen-bond acceptors (Lipinski definition) is 2. The van der Waals surface area contributed by atoms with Crippen molar-refractivity contribution in [1.82, 2.24) is 10.3 Å². The molecule has 0 saturated carbocycles. The number of benzene rings is 1. The minimum absolute atomic E-state index is 0.0394. The van der Waals surface area contributed by atoms with Crippen LogP contribution in [0.5, 0.6) is 0 Å². The number of aromatic amines is 1. The highest BCUT2D eigenvalue weighted by atomic mass is 35.5. The molecule has 4 nitrogen and oxygen atoms in total. The van der Waals surface area contributed by atoms with Gasteiger partial charge in [-0.05, 0) is 36.8 Å². The molecule has 0 bridgehead atoms. The first-order valence-electron chi connectivity index (χ1n) is 6.54. The summed E-state index contributed by atoms with van der Waals surface area (Å²) in [6, 6.07) is 7.93. The van der Waals surface area contributed by atoms with Crippen molar-refractivity contribution in [2.75, 3.05) is 0 Å². The van der Waals surface area contributed by atoms with Crippen molar-refractivity contribution in [3.8, 4) is 11.3 Å². The molecule has 0 fully saturated rings. The fourth-order valence-electron chi connectivity index (χ4n) is 1.83. The molecule has 1 aromatic carbocycles. The number of hydrogen-bond donors (Lipinski definition) is 2. The second-order valence-electron chi connectivity index (χ2n) is 4.74. The van der Waals surface area contributed by atoms with E-state index in [2.05, 4.69) is 16.9 Å². The lowest BCUT2D eigenvalue weighted by Crippen LogP contribution is -2.34. The van der Waals surface area contributed by atoms with Crippen LogP contribution in [-0.4, -0.2) is 16.9 Å². The minimum atomic E-state index is -0.475. The Labute approximate surface area is 137 Å². The monoisotopic (exact) mass is 336 g/mol. The van der Waals surface area contributed by atoms with E-state index in [4.69, 9.17) is 23.2 Å². The number of H-pyrrole nitrogens is 1. The fourth-order valence-corrected chi connectivity index (χ4v) is 2.13. The zero-order chi connectivity index (χ0) is 16.3. The van der Waals surface area contributed by atoms with Crippen LogP contribution >= 0.6 is 23.2 Å². The van der Waals surface area contributed by atoms with E-state index < -0.39 is 11.5 Å². The number of rotatable bonds is 4. The molecule has 22 heavy (non-hydrogen) atoms. The number of carbonyl (C=O) groups is 1. The van der Waals surface area contributed by atoms with E-state index in [0.29, 0.717) is 21.3 Å². The summed E-state index contributed by atoms with van der Waals surface area (Å²) in [5, 5.41) is 3.47. The molecule has 6 heteroatoms. The average Bonchev–Trinajstić information content (AvgIpc) is 2.49. The predicted molar refractivity (Wildman–Crippen MR) is 89.6 cm³/mol. The first-order valence-corrected chi connectivity index (χ1v) is 7.30. The Bertz CT molecular complexity index is 784. The highest BCUT2D eigenvalue weighted by Gasteiger charge is 2.13. The Hall–Kier alpha value is -2.04. The third-order valence-electron chi connectivity index (χ3n) is 3.10. The van der Waals surface area contributed by atoms with Crippen molar-refractivity contribution in [2.24, 2.45) is 0 Å². The molecule has 1 amide bonds. The second kappa shape index (κ2) is 6.81. The van der Waals surface area contributed by atoms with E-state index in [9.17, 15) is 9.59 Å². The van der Waals surface area contributed by atoms with Crippen LogP contribution in [0.3, 0.4) is 0 Å². The molecule has 114 valence electrons. The lowest BCUT2D eigenvalue weighted by atomic mass is 10.1. The molecular weight excluding hydrogens is 323 g/mol. The van der Waals surface area contributed by atoms with Gasteiger partial charge in [-0.25, -0.2) is 0 Å². The van der Waals surface area contributed by atoms with Gasteiger partial charge in [0.15, 0.2) is 0 Å². The Morgan fingerprint density at radius 1 is 1.27 bits per heavy atom. The number of amides is 1. The smallest absolute Gasteiger partial charge is 0.261 e. The molecule has 1 atom stereocenters. The van der Waals surface area contributed by atoms with Gasteiger partial charge in [-0.1, -0.05) is 35.3 Å². The first-order chi connectivity index (χ1) is 10.4. The predicted octanol–water partition coefficient (Wildman–Crippen LogP) is 3.65. The summed E-state index contributed by atoms with van der Waals surface area (Å²) in [5.41, 5.74) is 0.824. The zero-order valence-electron chi connectivity index (χ0n) is 11.8. The van der Waals surface area contributed by atoms with Crippen LogP contribution in [0, 0.1) is 0 Å². The normalized spacial score (nSPS) is 11.8. The van der Waals surface area contributed by atoms with Crippen LogP contribution < -0.4 is 10.9 Å². The van der Waals surface area contributed by atoms with Crippen LogP contribution in [0.1, 0.15) is 17.3 Å². The van der Waals surface area contributed by atoms with E-state index in [-0.39, 0.29) is 11.6 Å². The van der Waals surface area contributed by atoms with Crippen LogP contribution in [-0.2, 0) is 0 Å². The molecule has 0 aliphatic carbocycles. The van der Waals surface area contributed by atoms with E-state index >= 15 is 0 Å². The molecule has 0 radical (unpaired) electrons. The maximum absolute atomic E-state index is 12.1. The maximum Gasteiger partial charge on any atom is 0.261 e. The summed E-state index contributed by atoms with van der Waals surface area (Å²) < 4.78 is 0. The lowest BCUT2D eigenvalue weighted by Gasteiger charge is -2.09. The lowest BCUT2D eigenvalue weighted by molar-refractivity contribution is 0.0945. The summed E-state index contributed by atoms with van der Waals surface area (Å²) in [6.07, 6.45) is 1.58. The molecule has 2 aromatic rings. The van der Waals surface area contributed by atoms with Crippen LogP contribution in [0.4, 0.5) is 0 Å². The third kappa shape index (κ3) is 3.59. The summed E-state index contributed by atoms with van der Waals surface area (Å²) in [7, 11) is 0. The van der Waals surface area contributed by atoms with Gasteiger partial charge in [0.25, 0.3) is 11.5 Å². The maximum atomic E-state index is 12.1. The molecule has 2 rings (SSSR count). The molecule has 1 heterocycles. The van der Waals surface area contributed by atoms with Gasteiger partial charge in [0, 0.05) is 11.7 Å². The van der Waals surface area contributed by atoms with Gasteiger partial charge in [0.2, 0.25) is 0 Å². The van der Waals surface area contributed by atoms with Crippen molar-refractivity contribution in [3.05, 3.63) is 68.9 Å². The van der Waals surface area contributed by atoms with Gasteiger partial charge in [-0.2, -0.15) is 0 Å². The van der Waals surface area contributed by atoms with Gasteiger partial charge in [-0.15, -0.1) is 6.58 Å². The molecule has 0 unspecified atom stereocenters. The largest absolute Gasteiger partial charge is 0.346 e. The number of pyridine rings is 1. The van der Waals surface area contributed by atoms with E-state index in [1.165, 1.54) is 6.07 Å². The molecular formula is C16H14Cl2N2O2. The molecule has 0 aliphatic rings. The highest BCUT2D eigenvalue weighted by molar-refractivity contribution is 6.42. The Morgan fingerprint density at radius 3 is 2.59 bits per heavy atom. The summed E-state index contributed by atoms with van der Waals surface area (Å²) >= 11 is 11.8. The molecule has 1 aromatic heterocycles. The van der Waals surface area contributed by atoms with Crippen LogP contribution in [0.15, 0.2) is 47.8 Å². The van der Waals surface area contributed by atoms with Gasteiger partial charge in [0.05, 0.1) is 10.0 Å². The second-order valence-corrected chi connectivity index (χ2v) is 5.56. The van der Waals surface area contributed by atoms with Crippen molar-refractivity contribution in [1.29, 1.82) is 0 Å². The number of aromatic nitrogens is 1. The minimum Gasteiger partial charge on any atom is -0.346 e. The number of nitrogens with one attached hydrogen (secondary N) is 2. The van der Waals surface area contributed by atoms with Gasteiger partial charge in [0.1, 0.15) is 5.56 Å². The zero-order valence-corrected chi connectivity index (χ0v) is 13.3. The topological polar surface area (TPSA) is 62.0 Å². The quantitative estimate of drug-likeness (QED) is 0.837. The van der Waals surface area contributed by atoms with Crippen molar-refractivity contribution in [3.63, 3.8) is 0 Å². The van der Waals surface area contributed by atoms with Crippen molar-refractivity contribution >= 4 is 29.1 Å². The first kappa shape index (κ1) is 16.3. The van der Waals surface area contributed by atoms with Crippen molar-refractivity contribution < 1.29 is 4.79 Å². The number of carbonyl (C=O) groups excluding carboxylic acids is 1. The Kier molecular flexibility index (Phi) is 5.06. The standard InChI is InChI=1S/C16H14Cl2N2O2/c1-3-9(2)19-15(21)11-5-7-14(20-16(11)22)10-4-6-12(17)13(18)8-10/h3-9H,1H2,2H3,(H,19,21)(H,20,22)/t9-/m0/s1. The summed E-state index contributed by atoms with van der Waals surface area (Å²) in [4.78, 5) is 26.7. The molecule has 0 saturated heterocycles. The SMILES string of the molecule is C=C[C@H](C)NC(=O)c1ccc(-c2ccc(Cl)c(Cl)c2)[nH]c1=O. The van der Waals surface area contributed by atoms with E-state index in [0.717, 1.165) is 0 Å². The van der Waals surface area contributed by atoms with Gasteiger partial charge >= 0.3 is 0 Å². The third-order valence-corrected chi connectivity index (χ3v) is 3.84. The summed E-state index contributed by atoms with van der Waals surface area (Å²) in [5.74, 6) is -0.450. The molecule has 0 spiro atoms. The van der Waals surface area contributed by atoms with E-state index in [1.54, 1.807) is 37.3 Å². The fraction of sp³-hybridized carbons (Fsp3) is 0.125. The van der Waals surface area contributed by atoms with Gasteiger partial charge in [-0.3, -0.25) is 9.59 Å². The Morgan fingerprint density at radius 2 is 2.00 bits per heavy atom. The molecule has 2 N–H and O–H groups in total. The highest BCUT2D eigenvalue weighted by Crippen LogP contribution is 2.27. The van der Waals surface area contributed by atoms with Crippen molar-refractivity contribution in [2.45, 2.75) is 13.0 Å². The van der Waals surface area contributed by atoms with Crippen LogP contribution in [0.25, 0.3) is 11.3 Å². The van der Waals surface area contributed by atoms with Gasteiger partial charge < -0.3 is 10.3 Å². The Balaban J connectivity index is 2.33. The average molecular weight is 337 g/mol. The molecule has 0 aliphatic heterocycles. The van der Waals surface area contributed by atoms with Crippen LogP contribution in [0.2, 0.25) is 10.0 Å². The number of halogens is 2.